The molecule has 0 unspecified atom stereocenters. The van der Waals surface area contributed by atoms with Gasteiger partial charge in [-0.05, 0) is 31.4 Å². The third-order valence-corrected chi connectivity index (χ3v) is 6.22. The van der Waals surface area contributed by atoms with Crippen LogP contribution in [0.4, 0.5) is 0 Å². The summed E-state index contributed by atoms with van der Waals surface area (Å²) in [6.07, 6.45) is 12.0. The van der Waals surface area contributed by atoms with Gasteiger partial charge in [0.25, 0.3) is 11.8 Å². The molecule has 156 valence electrons. The molecule has 3 aromatic rings. The van der Waals surface area contributed by atoms with Crippen molar-refractivity contribution in [2.75, 3.05) is 26.2 Å². The molecular formula is C22H25N5O3. The summed E-state index contributed by atoms with van der Waals surface area (Å²) in [7, 11) is 0. The van der Waals surface area contributed by atoms with E-state index in [2.05, 4.69) is 14.5 Å². The summed E-state index contributed by atoms with van der Waals surface area (Å²) in [6.45, 7) is 2.23. The van der Waals surface area contributed by atoms with Gasteiger partial charge in [-0.3, -0.25) is 9.59 Å². The first-order valence-corrected chi connectivity index (χ1v) is 10.6. The monoisotopic (exact) mass is 407 g/mol. The predicted octanol–water partition coefficient (Wildman–Crippen LogP) is 3.13. The maximum absolute atomic E-state index is 13.1. The highest BCUT2D eigenvalue weighted by atomic mass is 16.3. The topological polar surface area (TPSA) is 84.5 Å². The molecule has 2 amide bonds. The van der Waals surface area contributed by atoms with Gasteiger partial charge in [-0.2, -0.15) is 0 Å². The Bertz CT molecular complexity index is 1050. The van der Waals surface area contributed by atoms with Crippen LogP contribution in [0.3, 0.4) is 0 Å². The highest BCUT2D eigenvalue weighted by molar-refractivity contribution is 5.97. The van der Waals surface area contributed by atoms with Gasteiger partial charge in [0.15, 0.2) is 5.65 Å². The molecule has 8 heteroatoms. The fourth-order valence-corrected chi connectivity index (χ4v) is 4.56. The number of pyridine rings is 1. The van der Waals surface area contributed by atoms with Gasteiger partial charge in [-0.1, -0.05) is 12.8 Å². The Morgan fingerprint density at radius 3 is 2.37 bits per heavy atom. The molecule has 0 N–H and O–H groups in total. The van der Waals surface area contributed by atoms with Crippen LogP contribution < -0.4 is 0 Å². The van der Waals surface area contributed by atoms with Crippen LogP contribution in [0, 0.1) is 0 Å². The zero-order chi connectivity index (χ0) is 20.5. The van der Waals surface area contributed by atoms with Crippen molar-refractivity contribution in [3.05, 3.63) is 48.3 Å². The van der Waals surface area contributed by atoms with Gasteiger partial charge in [-0.15, -0.1) is 0 Å². The molecule has 0 radical (unpaired) electrons. The summed E-state index contributed by atoms with van der Waals surface area (Å²) in [6, 6.07) is 3.98. The van der Waals surface area contributed by atoms with E-state index in [0.29, 0.717) is 43.3 Å². The average Bonchev–Trinajstić information content (AvgIpc) is 3.51. The molecule has 30 heavy (non-hydrogen) atoms. The van der Waals surface area contributed by atoms with E-state index < -0.39 is 0 Å². The quantitative estimate of drug-likeness (QED) is 0.666. The van der Waals surface area contributed by atoms with E-state index in [0.717, 1.165) is 30.4 Å². The van der Waals surface area contributed by atoms with Crippen molar-refractivity contribution >= 4 is 23.0 Å². The summed E-state index contributed by atoms with van der Waals surface area (Å²) < 4.78 is 7.17. The molecule has 0 spiro atoms. The van der Waals surface area contributed by atoms with Crippen molar-refractivity contribution in [3.8, 4) is 0 Å². The van der Waals surface area contributed by atoms with Gasteiger partial charge in [0, 0.05) is 38.4 Å². The van der Waals surface area contributed by atoms with Gasteiger partial charge in [0.2, 0.25) is 0 Å². The minimum absolute atomic E-state index is 0.0569. The van der Waals surface area contributed by atoms with Crippen molar-refractivity contribution < 1.29 is 14.0 Å². The van der Waals surface area contributed by atoms with Crippen LogP contribution in [0.15, 0.2) is 41.6 Å². The van der Waals surface area contributed by atoms with Crippen molar-refractivity contribution in [1.82, 2.24) is 24.3 Å². The zero-order valence-electron chi connectivity index (χ0n) is 16.9. The van der Waals surface area contributed by atoms with E-state index in [1.54, 1.807) is 22.1 Å². The number of carbonyl (C=O) groups excluding carboxylic acids is 2. The fourth-order valence-electron chi connectivity index (χ4n) is 4.56. The molecule has 3 aromatic heterocycles. The molecule has 2 aliphatic rings. The lowest BCUT2D eigenvalue weighted by molar-refractivity contribution is 0.0718. The van der Waals surface area contributed by atoms with Crippen molar-refractivity contribution in [2.45, 2.75) is 38.1 Å². The summed E-state index contributed by atoms with van der Waals surface area (Å²) in [5.74, 6) is -0.115. The van der Waals surface area contributed by atoms with Crippen molar-refractivity contribution in [2.24, 2.45) is 0 Å². The number of hydrogen-bond acceptors (Lipinski definition) is 5. The van der Waals surface area contributed by atoms with E-state index in [1.165, 1.54) is 25.4 Å². The van der Waals surface area contributed by atoms with Crippen molar-refractivity contribution in [3.63, 3.8) is 0 Å². The van der Waals surface area contributed by atoms with Crippen LogP contribution in [0.2, 0.25) is 0 Å². The molecule has 4 heterocycles. The third kappa shape index (κ3) is 3.46. The predicted molar refractivity (Wildman–Crippen MR) is 110 cm³/mol. The number of nitrogens with zero attached hydrogens (tertiary/aromatic N) is 5. The smallest absolute Gasteiger partial charge is 0.257 e. The van der Waals surface area contributed by atoms with Crippen LogP contribution in [0.1, 0.15) is 58.9 Å². The van der Waals surface area contributed by atoms with Crippen LogP contribution in [-0.4, -0.2) is 62.3 Å². The lowest BCUT2D eigenvalue weighted by Crippen LogP contribution is -2.37. The Morgan fingerprint density at radius 2 is 1.67 bits per heavy atom. The minimum Gasteiger partial charge on any atom is -0.472 e. The first kappa shape index (κ1) is 18.8. The molecule has 2 fully saturated rings. The molecule has 1 aliphatic carbocycles. The second-order valence-electron chi connectivity index (χ2n) is 8.11. The summed E-state index contributed by atoms with van der Waals surface area (Å²) in [4.78, 5) is 38.3. The number of aromatic nitrogens is 3. The molecule has 1 saturated heterocycles. The second kappa shape index (κ2) is 7.93. The Hall–Kier alpha value is -3.16. The van der Waals surface area contributed by atoms with Crippen LogP contribution in [-0.2, 0) is 0 Å². The number of amides is 2. The van der Waals surface area contributed by atoms with Gasteiger partial charge in [0.1, 0.15) is 11.8 Å². The number of rotatable bonds is 3. The number of hydrogen-bond donors (Lipinski definition) is 0. The molecular weight excluding hydrogens is 382 g/mol. The van der Waals surface area contributed by atoms with Crippen LogP contribution in [0.25, 0.3) is 11.2 Å². The molecule has 0 aromatic carbocycles. The molecule has 0 atom stereocenters. The summed E-state index contributed by atoms with van der Waals surface area (Å²) >= 11 is 0. The highest BCUT2D eigenvalue weighted by Gasteiger charge is 2.25. The largest absolute Gasteiger partial charge is 0.472 e. The average molecular weight is 407 g/mol. The van der Waals surface area contributed by atoms with Gasteiger partial charge < -0.3 is 18.8 Å². The fraction of sp³-hybridized carbons (Fsp3) is 0.455. The number of imidazole rings is 1. The van der Waals surface area contributed by atoms with Gasteiger partial charge in [0.05, 0.1) is 23.7 Å². The lowest BCUT2D eigenvalue weighted by Gasteiger charge is -2.22. The summed E-state index contributed by atoms with van der Waals surface area (Å²) in [5, 5.41) is 0. The number of furan rings is 1. The summed E-state index contributed by atoms with van der Waals surface area (Å²) in [5.41, 5.74) is 2.71. The van der Waals surface area contributed by atoms with Gasteiger partial charge in [-0.25, -0.2) is 9.97 Å². The van der Waals surface area contributed by atoms with Crippen LogP contribution in [0.5, 0.6) is 0 Å². The van der Waals surface area contributed by atoms with Gasteiger partial charge >= 0.3 is 0 Å². The third-order valence-electron chi connectivity index (χ3n) is 6.22. The second-order valence-corrected chi connectivity index (χ2v) is 8.11. The molecule has 0 bridgehead atoms. The molecule has 1 aliphatic heterocycles. The normalized spacial score (nSPS) is 18.1. The lowest BCUT2D eigenvalue weighted by atomic mass is 10.2. The molecule has 8 nitrogen and oxygen atoms in total. The van der Waals surface area contributed by atoms with E-state index in [4.69, 9.17) is 4.42 Å². The highest BCUT2D eigenvalue weighted by Crippen LogP contribution is 2.31. The first-order valence-electron chi connectivity index (χ1n) is 10.6. The van der Waals surface area contributed by atoms with E-state index in [-0.39, 0.29) is 11.8 Å². The Kier molecular flexibility index (Phi) is 4.98. The SMILES string of the molecule is O=C(c1ccoc1)N1CCCN(C(=O)c2cnc3c(c2)ncn3C2CCCC2)CC1. The maximum atomic E-state index is 13.1. The molecule has 1 saturated carbocycles. The molecule has 5 rings (SSSR count). The Balaban J connectivity index is 1.29. The first-order chi connectivity index (χ1) is 14.7. The Morgan fingerprint density at radius 1 is 0.933 bits per heavy atom. The Labute approximate surface area is 174 Å². The van der Waals surface area contributed by atoms with E-state index >= 15 is 0 Å². The zero-order valence-corrected chi connectivity index (χ0v) is 16.9. The van der Waals surface area contributed by atoms with Crippen LogP contribution >= 0.6 is 0 Å². The standard InChI is InChI=1S/C22H25N5O3/c28-21(16-6-11-30-14-16)25-7-3-8-26(10-9-25)22(29)17-12-19-20(23-13-17)27(15-24-19)18-4-1-2-5-18/h6,11-15,18H,1-5,7-10H2. The number of carbonyl (C=O) groups is 2. The van der Waals surface area contributed by atoms with Crippen molar-refractivity contribution in [1.29, 1.82) is 0 Å². The minimum atomic E-state index is -0.0579. The van der Waals surface area contributed by atoms with E-state index in [1.807, 2.05) is 12.4 Å². The van der Waals surface area contributed by atoms with E-state index in [9.17, 15) is 9.59 Å². The maximum Gasteiger partial charge on any atom is 0.257 e. The number of fused-ring (bicyclic) bond motifs is 1.